The molecule has 1 aliphatic carbocycles. The van der Waals surface area contributed by atoms with Crippen molar-refractivity contribution in [1.29, 1.82) is 0 Å². The molecule has 29 heavy (non-hydrogen) atoms. The maximum Gasteiger partial charge on any atom is 0.270 e. The second kappa shape index (κ2) is 9.13. The summed E-state index contributed by atoms with van der Waals surface area (Å²) in [5, 5.41) is 20.3. The predicted molar refractivity (Wildman–Crippen MR) is 106 cm³/mol. The first-order chi connectivity index (χ1) is 13.8. The van der Waals surface area contributed by atoms with Crippen LogP contribution in [0.15, 0.2) is 18.5 Å². The molecular weight excluding hydrogens is 372 g/mol. The Bertz CT molecular complexity index is 861. The van der Waals surface area contributed by atoms with E-state index in [2.05, 4.69) is 25.7 Å². The van der Waals surface area contributed by atoms with E-state index >= 15 is 0 Å². The molecule has 0 aromatic carbocycles. The normalized spacial score (nSPS) is 21.6. The van der Waals surface area contributed by atoms with E-state index < -0.39 is 12.1 Å². The van der Waals surface area contributed by atoms with Crippen molar-refractivity contribution in [3.8, 4) is 0 Å². The number of aliphatic hydroxyl groups excluding tert-OH is 1. The summed E-state index contributed by atoms with van der Waals surface area (Å²) < 4.78 is 1.73. The minimum Gasteiger partial charge on any atom is -0.391 e. The maximum atomic E-state index is 12.5. The quantitative estimate of drug-likeness (QED) is 0.647. The molecule has 1 saturated carbocycles. The van der Waals surface area contributed by atoms with Gasteiger partial charge in [0.15, 0.2) is 0 Å². The molecule has 3 N–H and O–H groups in total. The molecule has 2 aromatic rings. The van der Waals surface area contributed by atoms with E-state index in [1.54, 1.807) is 30.8 Å². The van der Waals surface area contributed by atoms with Gasteiger partial charge in [-0.3, -0.25) is 14.3 Å². The van der Waals surface area contributed by atoms with Crippen LogP contribution in [0.4, 0.5) is 0 Å². The van der Waals surface area contributed by atoms with E-state index in [0.717, 1.165) is 11.3 Å². The monoisotopic (exact) mass is 400 g/mol. The number of nitrogens with zero attached hydrogens (tertiary/aromatic N) is 4. The summed E-state index contributed by atoms with van der Waals surface area (Å²) in [6.45, 7) is 4.07. The molecule has 2 amide bonds. The standard InChI is InChI=1S/C20H28N6O3/c1-12-8-17(24-13(2)23-12)20(29)25-16-5-4-15(9-18(16)27)19(28)21-7-6-14-10-22-26(3)11-14/h8,10-11,15-16,18,27H,4-7,9H2,1-3H3,(H,21,28)(H,25,29)/t15-,16+,18+/m0/s1. The van der Waals surface area contributed by atoms with Crippen LogP contribution < -0.4 is 10.6 Å². The first kappa shape index (κ1) is 20.9. The van der Waals surface area contributed by atoms with Crippen molar-refractivity contribution in [2.24, 2.45) is 13.0 Å². The van der Waals surface area contributed by atoms with Crippen LogP contribution in [0.5, 0.6) is 0 Å². The number of aromatic nitrogens is 4. The van der Waals surface area contributed by atoms with Gasteiger partial charge in [0.1, 0.15) is 11.5 Å². The molecule has 1 fully saturated rings. The fraction of sp³-hybridized carbons (Fsp3) is 0.550. The third-order valence-electron chi connectivity index (χ3n) is 5.17. The second-order valence-electron chi connectivity index (χ2n) is 7.66. The molecule has 3 atom stereocenters. The van der Waals surface area contributed by atoms with Crippen LogP contribution in [0.3, 0.4) is 0 Å². The lowest BCUT2D eigenvalue weighted by Crippen LogP contribution is -2.49. The van der Waals surface area contributed by atoms with Gasteiger partial charge in [0.2, 0.25) is 5.91 Å². The number of hydrogen-bond donors (Lipinski definition) is 3. The van der Waals surface area contributed by atoms with Gasteiger partial charge < -0.3 is 15.7 Å². The summed E-state index contributed by atoms with van der Waals surface area (Å²) in [6.07, 6.45) is 5.12. The molecule has 9 nitrogen and oxygen atoms in total. The molecule has 1 aliphatic rings. The molecular formula is C20H28N6O3. The van der Waals surface area contributed by atoms with Crippen molar-refractivity contribution in [1.82, 2.24) is 30.4 Å². The van der Waals surface area contributed by atoms with Crippen LogP contribution in [0.25, 0.3) is 0 Å². The lowest BCUT2D eigenvalue weighted by atomic mass is 9.83. The van der Waals surface area contributed by atoms with Crippen molar-refractivity contribution in [3.63, 3.8) is 0 Å². The Morgan fingerprint density at radius 3 is 2.72 bits per heavy atom. The molecule has 2 heterocycles. The summed E-state index contributed by atoms with van der Waals surface area (Å²) in [5.74, 6) is -0.111. The molecule has 0 spiro atoms. The molecule has 0 saturated heterocycles. The van der Waals surface area contributed by atoms with Gasteiger partial charge in [-0.2, -0.15) is 5.10 Å². The summed E-state index contributed by atoms with van der Waals surface area (Å²) in [6, 6.07) is 1.23. The summed E-state index contributed by atoms with van der Waals surface area (Å²) in [5.41, 5.74) is 2.07. The number of amides is 2. The van der Waals surface area contributed by atoms with Gasteiger partial charge in [0, 0.05) is 31.4 Å². The maximum absolute atomic E-state index is 12.5. The number of carbonyl (C=O) groups excluding carboxylic acids is 2. The molecule has 9 heteroatoms. The Balaban J connectivity index is 1.46. The SMILES string of the molecule is Cc1cc(C(=O)N[C@@H]2CC[C@H](C(=O)NCCc3cnn(C)c3)C[C@H]2O)nc(C)n1. The van der Waals surface area contributed by atoms with Gasteiger partial charge in [-0.15, -0.1) is 0 Å². The Hall–Kier alpha value is -2.81. The van der Waals surface area contributed by atoms with E-state index in [0.29, 0.717) is 38.1 Å². The van der Waals surface area contributed by atoms with E-state index in [1.807, 2.05) is 13.2 Å². The van der Waals surface area contributed by atoms with Crippen molar-refractivity contribution in [3.05, 3.63) is 41.2 Å². The van der Waals surface area contributed by atoms with E-state index in [9.17, 15) is 14.7 Å². The van der Waals surface area contributed by atoms with Crippen LogP contribution >= 0.6 is 0 Å². The molecule has 0 radical (unpaired) electrons. The molecule has 156 valence electrons. The molecule has 0 unspecified atom stereocenters. The highest BCUT2D eigenvalue weighted by Gasteiger charge is 2.33. The molecule has 0 bridgehead atoms. The zero-order chi connectivity index (χ0) is 21.0. The lowest BCUT2D eigenvalue weighted by molar-refractivity contribution is -0.127. The van der Waals surface area contributed by atoms with Gasteiger partial charge in [0.05, 0.1) is 18.3 Å². The van der Waals surface area contributed by atoms with E-state index in [4.69, 9.17) is 0 Å². The number of hydrogen-bond acceptors (Lipinski definition) is 6. The highest BCUT2D eigenvalue weighted by atomic mass is 16.3. The first-order valence-corrected chi connectivity index (χ1v) is 9.88. The van der Waals surface area contributed by atoms with Crippen LogP contribution in [-0.4, -0.2) is 55.4 Å². The zero-order valence-corrected chi connectivity index (χ0v) is 17.1. The van der Waals surface area contributed by atoms with Gasteiger partial charge in [-0.25, -0.2) is 9.97 Å². The first-order valence-electron chi connectivity index (χ1n) is 9.88. The van der Waals surface area contributed by atoms with Crippen LogP contribution in [0.1, 0.15) is 46.8 Å². The van der Waals surface area contributed by atoms with E-state index in [-0.39, 0.29) is 23.4 Å². The van der Waals surface area contributed by atoms with Crippen molar-refractivity contribution in [2.45, 2.75) is 51.7 Å². The second-order valence-corrected chi connectivity index (χ2v) is 7.66. The third kappa shape index (κ3) is 5.60. The van der Waals surface area contributed by atoms with Crippen molar-refractivity contribution < 1.29 is 14.7 Å². The van der Waals surface area contributed by atoms with Gasteiger partial charge in [0.25, 0.3) is 5.91 Å². The largest absolute Gasteiger partial charge is 0.391 e. The predicted octanol–water partition coefficient (Wildman–Crippen LogP) is 0.445. The smallest absolute Gasteiger partial charge is 0.270 e. The Morgan fingerprint density at radius 2 is 2.07 bits per heavy atom. The minimum absolute atomic E-state index is 0.0558. The topological polar surface area (TPSA) is 122 Å². The van der Waals surface area contributed by atoms with E-state index in [1.165, 1.54) is 0 Å². The fourth-order valence-corrected chi connectivity index (χ4v) is 3.70. The van der Waals surface area contributed by atoms with Crippen LogP contribution in [0, 0.1) is 19.8 Å². The highest BCUT2D eigenvalue weighted by molar-refractivity contribution is 5.92. The van der Waals surface area contributed by atoms with Crippen molar-refractivity contribution in [2.75, 3.05) is 6.54 Å². The van der Waals surface area contributed by atoms with Crippen LogP contribution in [-0.2, 0) is 18.3 Å². The zero-order valence-electron chi connectivity index (χ0n) is 17.1. The van der Waals surface area contributed by atoms with Gasteiger partial charge in [-0.05, 0) is 51.2 Å². The number of carbonyl (C=O) groups is 2. The Morgan fingerprint density at radius 1 is 1.28 bits per heavy atom. The number of nitrogens with one attached hydrogen (secondary N) is 2. The highest BCUT2D eigenvalue weighted by Crippen LogP contribution is 2.25. The number of aliphatic hydroxyl groups is 1. The summed E-state index contributed by atoms with van der Waals surface area (Å²) in [7, 11) is 1.85. The Kier molecular flexibility index (Phi) is 6.58. The molecule has 3 rings (SSSR count). The third-order valence-corrected chi connectivity index (χ3v) is 5.17. The summed E-state index contributed by atoms with van der Waals surface area (Å²) in [4.78, 5) is 33.2. The van der Waals surface area contributed by atoms with Crippen LogP contribution in [0.2, 0.25) is 0 Å². The molecule has 2 aromatic heterocycles. The van der Waals surface area contributed by atoms with Crippen molar-refractivity contribution >= 4 is 11.8 Å². The average Bonchev–Trinajstić information content (AvgIpc) is 3.07. The lowest BCUT2D eigenvalue weighted by Gasteiger charge is -2.32. The number of rotatable bonds is 6. The number of aryl methyl sites for hydroxylation is 3. The minimum atomic E-state index is -0.772. The Labute approximate surface area is 169 Å². The van der Waals surface area contributed by atoms with Gasteiger partial charge >= 0.3 is 0 Å². The van der Waals surface area contributed by atoms with Gasteiger partial charge in [-0.1, -0.05) is 0 Å². The summed E-state index contributed by atoms with van der Waals surface area (Å²) >= 11 is 0. The fourth-order valence-electron chi connectivity index (χ4n) is 3.70. The average molecular weight is 400 g/mol. The molecule has 0 aliphatic heterocycles.